The Morgan fingerprint density at radius 3 is 2.62 bits per heavy atom. The number of hydrogen-bond acceptors (Lipinski definition) is 2. The maximum Gasteiger partial charge on any atom is 0.255 e. The summed E-state index contributed by atoms with van der Waals surface area (Å²) in [7, 11) is 0. The van der Waals surface area contributed by atoms with Gasteiger partial charge in [0, 0.05) is 30.8 Å². The van der Waals surface area contributed by atoms with Gasteiger partial charge in [-0.1, -0.05) is 6.07 Å². The van der Waals surface area contributed by atoms with Crippen LogP contribution in [0.2, 0.25) is 0 Å². The predicted molar refractivity (Wildman–Crippen MR) is 71.3 cm³/mol. The molecule has 0 radical (unpaired) electrons. The largest absolute Gasteiger partial charge is 0.319 e. The summed E-state index contributed by atoms with van der Waals surface area (Å²) in [5.74, 6) is -4.20. The quantitative estimate of drug-likeness (QED) is 0.836. The van der Waals surface area contributed by atoms with Gasteiger partial charge in [0.25, 0.3) is 5.91 Å². The molecule has 0 spiro atoms. The van der Waals surface area contributed by atoms with Gasteiger partial charge in [-0.25, -0.2) is 13.2 Å². The van der Waals surface area contributed by atoms with Crippen molar-refractivity contribution in [2.75, 3.05) is 5.32 Å². The average Bonchev–Trinajstić information content (AvgIpc) is 2.91. The van der Waals surface area contributed by atoms with Crippen molar-refractivity contribution in [1.82, 2.24) is 5.32 Å². The van der Waals surface area contributed by atoms with Crippen molar-refractivity contribution in [2.24, 2.45) is 0 Å². The molecule has 1 heterocycles. The first-order valence-electron chi connectivity index (χ1n) is 6.33. The van der Waals surface area contributed by atoms with Crippen molar-refractivity contribution in [3.63, 3.8) is 0 Å². The Bertz CT molecular complexity index is 731. The SMILES string of the molecule is O=C(Nc1cc(F)cc(F)c1F)c1ccc2c(c1)CNC2. The van der Waals surface area contributed by atoms with Crippen LogP contribution in [0.1, 0.15) is 21.5 Å². The first-order chi connectivity index (χ1) is 10.0. The highest BCUT2D eigenvalue weighted by atomic mass is 19.2. The first-order valence-corrected chi connectivity index (χ1v) is 6.33. The molecule has 2 aromatic carbocycles. The standard InChI is InChI=1S/C15H11F3N2O/c16-11-4-12(17)14(18)13(5-11)20-15(21)8-1-2-9-6-19-7-10(9)3-8/h1-5,19H,6-7H2,(H,20,21). The summed E-state index contributed by atoms with van der Waals surface area (Å²) in [5, 5.41) is 5.32. The summed E-state index contributed by atoms with van der Waals surface area (Å²) in [6.45, 7) is 1.39. The molecule has 1 aliphatic heterocycles. The van der Waals surface area contributed by atoms with Crippen molar-refractivity contribution >= 4 is 11.6 Å². The number of halogens is 3. The topological polar surface area (TPSA) is 41.1 Å². The molecule has 0 aromatic heterocycles. The van der Waals surface area contributed by atoms with Gasteiger partial charge in [-0.2, -0.15) is 0 Å². The molecule has 0 atom stereocenters. The van der Waals surface area contributed by atoms with E-state index in [-0.39, 0.29) is 0 Å². The molecule has 6 heteroatoms. The van der Waals surface area contributed by atoms with E-state index in [1.165, 1.54) is 0 Å². The highest BCUT2D eigenvalue weighted by molar-refractivity contribution is 6.04. The zero-order chi connectivity index (χ0) is 15.0. The summed E-state index contributed by atoms with van der Waals surface area (Å²) in [4.78, 5) is 12.0. The number of nitrogens with one attached hydrogen (secondary N) is 2. The maximum absolute atomic E-state index is 13.5. The Hall–Kier alpha value is -2.34. The van der Waals surface area contributed by atoms with Crippen LogP contribution in [0.4, 0.5) is 18.9 Å². The fraction of sp³-hybridized carbons (Fsp3) is 0.133. The van der Waals surface area contributed by atoms with E-state index in [1.807, 2.05) is 0 Å². The van der Waals surface area contributed by atoms with E-state index in [4.69, 9.17) is 0 Å². The van der Waals surface area contributed by atoms with Crippen molar-refractivity contribution in [1.29, 1.82) is 0 Å². The minimum atomic E-state index is -1.34. The van der Waals surface area contributed by atoms with E-state index >= 15 is 0 Å². The lowest BCUT2D eigenvalue weighted by Crippen LogP contribution is -2.14. The van der Waals surface area contributed by atoms with Crippen LogP contribution in [0.25, 0.3) is 0 Å². The number of benzene rings is 2. The molecule has 0 saturated heterocycles. The molecule has 0 bridgehead atoms. The van der Waals surface area contributed by atoms with Crippen LogP contribution in [-0.2, 0) is 13.1 Å². The summed E-state index contributed by atoms with van der Waals surface area (Å²) in [5.41, 5.74) is 1.86. The van der Waals surface area contributed by atoms with E-state index < -0.39 is 29.0 Å². The Labute approximate surface area is 118 Å². The van der Waals surface area contributed by atoms with E-state index in [0.29, 0.717) is 18.2 Å². The van der Waals surface area contributed by atoms with Gasteiger partial charge in [-0.3, -0.25) is 4.79 Å². The van der Waals surface area contributed by atoms with Crippen LogP contribution in [0.5, 0.6) is 0 Å². The highest BCUT2D eigenvalue weighted by Gasteiger charge is 2.17. The molecule has 0 aliphatic carbocycles. The molecule has 108 valence electrons. The Morgan fingerprint density at radius 2 is 1.81 bits per heavy atom. The lowest BCUT2D eigenvalue weighted by atomic mass is 10.1. The fourth-order valence-electron chi connectivity index (χ4n) is 2.28. The van der Waals surface area contributed by atoms with Crippen LogP contribution < -0.4 is 10.6 Å². The number of carbonyl (C=O) groups excluding carboxylic acids is 1. The van der Waals surface area contributed by atoms with Gasteiger partial charge in [-0.15, -0.1) is 0 Å². The maximum atomic E-state index is 13.5. The summed E-state index contributed by atoms with van der Waals surface area (Å²) >= 11 is 0. The third-order valence-corrected chi connectivity index (χ3v) is 3.34. The third kappa shape index (κ3) is 2.62. The van der Waals surface area contributed by atoms with Gasteiger partial charge in [0.1, 0.15) is 5.82 Å². The Morgan fingerprint density at radius 1 is 1.05 bits per heavy atom. The van der Waals surface area contributed by atoms with Gasteiger partial charge in [0.15, 0.2) is 11.6 Å². The second-order valence-electron chi connectivity index (χ2n) is 4.79. The minimum Gasteiger partial charge on any atom is -0.319 e. The van der Waals surface area contributed by atoms with E-state index in [2.05, 4.69) is 10.6 Å². The van der Waals surface area contributed by atoms with Crippen molar-refractivity contribution in [3.8, 4) is 0 Å². The molecule has 2 aromatic rings. The molecule has 0 unspecified atom stereocenters. The van der Waals surface area contributed by atoms with Crippen LogP contribution in [-0.4, -0.2) is 5.91 Å². The summed E-state index contributed by atoms with van der Waals surface area (Å²) in [6.07, 6.45) is 0. The number of fused-ring (bicyclic) bond motifs is 1. The Balaban J connectivity index is 1.87. The van der Waals surface area contributed by atoms with E-state index in [0.717, 1.165) is 23.7 Å². The van der Waals surface area contributed by atoms with Gasteiger partial charge >= 0.3 is 0 Å². The highest BCUT2D eigenvalue weighted by Crippen LogP contribution is 2.21. The molecular formula is C15H11F3N2O. The smallest absolute Gasteiger partial charge is 0.255 e. The third-order valence-electron chi connectivity index (χ3n) is 3.34. The molecule has 2 N–H and O–H groups in total. The van der Waals surface area contributed by atoms with Gasteiger partial charge in [0.2, 0.25) is 0 Å². The van der Waals surface area contributed by atoms with Gasteiger partial charge in [-0.05, 0) is 23.3 Å². The molecule has 0 saturated carbocycles. The zero-order valence-corrected chi connectivity index (χ0v) is 10.8. The summed E-state index contributed by atoms with van der Waals surface area (Å²) in [6, 6.07) is 6.23. The number of carbonyl (C=O) groups is 1. The number of rotatable bonds is 2. The van der Waals surface area contributed by atoms with Crippen LogP contribution >= 0.6 is 0 Å². The molecule has 0 fully saturated rings. The van der Waals surface area contributed by atoms with Crippen molar-refractivity contribution in [2.45, 2.75) is 13.1 Å². The predicted octanol–water partition coefficient (Wildman–Crippen LogP) is 2.96. The van der Waals surface area contributed by atoms with Crippen molar-refractivity contribution < 1.29 is 18.0 Å². The molecule has 3 nitrogen and oxygen atoms in total. The minimum absolute atomic E-state index is 0.307. The van der Waals surface area contributed by atoms with Gasteiger partial charge in [0.05, 0.1) is 5.69 Å². The zero-order valence-electron chi connectivity index (χ0n) is 10.8. The van der Waals surface area contributed by atoms with E-state index in [9.17, 15) is 18.0 Å². The van der Waals surface area contributed by atoms with Gasteiger partial charge < -0.3 is 10.6 Å². The van der Waals surface area contributed by atoms with E-state index in [1.54, 1.807) is 18.2 Å². The second-order valence-corrected chi connectivity index (χ2v) is 4.79. The monoisotopic (exact) mass is 292 g/mol. The second kappa shape index (κ2) is 5.21. The summed E-state index contributed by atoms with van der Waals surface area (Å²) < 4.78 is 39.7. The van der Waals surface area contributed by atoms with Crippen LogP contribution in [0.3, 0.4) is 0 Å². The van der Waals surface area contributed by atoms with Crippen LogP contribution in [0.15, 0.2) is 30.3 Å². The molecular weight excluding hydrogens is 281 g/mol. The average molecular weight is 292 g/mol. The first kappa shape index (κ1) is 13.6. The molecule has 3 rings (SSSR count). The number of amides is 1. The molecule has 21 heavy (non-hydrogen) atoms. The number of anilines is 1. The molecule has 1 amide bonds. The molecule has 1 aliphatic rings. The van der Waals surface area contributed by atoms with Crippen molar-refractivity contribution in [3.05, 3.63) is 64.5 Å². The lowest BCUT2D eigenvalue weighted by Gasteiger charge is -2.08. The number of hydrogen-bond donors (Lipinski definition) is 2. The normalized spacial score (nSPS) is 13.1. The fourth-order valence-corrected chi connectivity index (χ4v) is 2.28. The Kier molecular flexibility index (Phi) is 3.39. The lowest BCUT2D eigenvalue weighted by molar-refractivity contribution is 0.102. The van der Waals surface area contributed by atoms with Crippen LogP contribution in [0, 0.1) is 17.5 Å².